The van der Waals surface area contributed by atoms with Crippen LogP contribution in [0, 0.1) is 0 Å². The number of amides is 1. The first kappa shape index (κ1) is 17.8. The van der Waals surface area contributed by atoms with E-state index in [0.29, 0.717) is 16.3 Å². The Kier molecular flexibility index (Phi) is 4.85. The van der Waals surface area contributed by atoms with Gasteiger partial charge in [0.25, 0.3) is 5.91 Å². The minimum atomic E-state index is -4.78. The number of aromatic nitrogens is 1. The molecular weight excluding hydrogens is 373 g/mol. The summed E-state index contributed by atoms with van der Waals surface area (Å²) in [5.74, 6) is -0.613. The molecule has 0 saturated carbocycles. The first-order chi connectivity index (χ1) is 12.3. The summed E-state index contributed by atoms with van der Waals surface area (Å²) >= 11 is 5.90. The molecule has 9 heteroatoms. The maximum atomic E-state index is 12.2. The number of hydrogen-bond acceptors (Lipinski definition) is 4. The van der Waals surface area contributed by atoms with Crippen molar-refractivity contribution in [2.24, 2.45) is 0 Å². The Labute approximate surface area is 150 Å². The molecule has 0 radical (unpaired) electrons. The number of halogens is 4. The van der Waals surface area contributed by atoms with Gasteiger partial charge in [-0.1, -0.05) is 28.9 Å². The lowest BCUT2D eigenvalue weighted by Crippen LogP contribution is -2.17. The van der Waals surface area contributed by atoms with Gasteiger partial charge in [-0.3, -0.25) is 4.79 Å². The van der Waals surface area contributed by atoms with Crippen molar-refractivity contribution in [1.29, 1.82) is 0 Å². The fraction of sp³-hybridized carbons (Fsp3) is 0.0588. The van der Waals surface area contributed by atoms with Crippen molar-refractivity contribution in [1.82, 2.24) is 5.16 Å². The lowest BCUT2D eigenvalue weighted by molar-refractivity contribution is -0.274. The predicted octanol–water partition coefficient (Wildman–Crippen LogP) is 5.15. The number of anilines is 1. The topological polar surface area (TPSA) is 64.4 Å². The van der Waals surface area contributed by atoms with Crippen molar-refractivity contribution in [3.05, 3.63) is 65.3 Å². The van der Waals surface area contributed by atoms with E-state index in [0.717, 1.165) is 12.1 Å². The second-order valence-corrected chi connectivity index (χ2v) is 5.55. The molecule has 0 bridgehead atoms. The summed E-state index contributed by atoms with van der Waals surface area (Å²) in [7, 11) is 0. The molecule has 0 spiro atoms. The zero-order chi connectivity index (χ0) is 18.7. The molecule has 0 aliphatic rings. The Morgan fingerprint density at radius 3 is 2.50 bits per heavy atom. The van der Waals surface area contributed by atoms with Gasteiger partial charge in [-0.05, 0) is 36.4 Å². The maximum Gasteiger partial charge on any atom is 0.573 e. The molecule has 3 aromatic rings. The number of nitrogens with one attached hydrogen (secondary N) is 1. The van der Waals surface area contributed by atoms with Crippen molar-refractivity contribution < 1.29 is 27.2 Å². The minimum absolute atomic E-state index is 0.00981. The minimum Gasteiger partial charge on any atom is -0.406 e. The molecule has 0 fully saturated rings. The van der Waals surface area contributed by atoms with Gasteiger partial charge in [-0.2, -0.15) is 0 Å². The van der Waals surface area contributed by atoms with E-state index >= 15 is 0 Å². The van der Waals surface area contributed by atoms with Crippen LogP contribution in [0.25, 0.3) is 11.3 Å². The lowest BCUT2D eigenvalue weighted by atomic mass is 10.1. The van der Waals surface area contributed by atoms with Gasteiger partial charge < -0.3 is 14.6 Å². The van der Waals surface area contributed by atoms with Crippen LogP contribution >= 0.6 is 11.6 Å². The number of rotatable bonds is 4. The number of carbonyl (C=O) groups excluding carboxylic acids is 1. The molecule has 1 amide bonds. The van der Waals surface area contributed by atoms with Crippen molar-refractivity contribution >= 4 is 23.2 Å². The fourth-order valence-electron chi connectivity index (χ4n) is 2.10. The molecule has 0 atom stereocenters. The summed E-state index contributed by atoms with van der Waals surface area (Å²) in [4.78, 5) is 12.2. The van der Waals surface area contributed by atoms with Crippen LogP contribution in [0.5, 0.6) is 5.75 Å². The highest BCUT2D eigenvalue weighted by Gasteiger charge is 2.31. The lowest BCUT2D eigenvalue weighted by Gasteiger charge is -2.09. The Morgan fingerprint density at radius 1 is 1.12 bits per heavy atom. The van der Waals surface area contributed by atoms with Crippen molar-refractivity contribution in [3.8, 4) is 17.1 Å². The van der Waals surface area contributed by atoms with Crippen LogP contribution in [0.2, 0.25) is 5.02 Å². The van der Waals surface area contributed by atoms with Crippen LogP contribution < -0.4 is 10.1 Å². The monoisotopic (exact) mass is 382 g/mol. The smallest absolute Gasteiger partial charge is 0.406 e. The van der Waals surface area contributed by atoms with Gasteiger partial charge in [0.1, 0.15) is 5.75 Å². The number of carbonyl (C=O) groups is 1. The predicted molar refractivity (Wildman–Crippen MR) is 88.0 cm³/mol. The first-order valence-electron chi connectivity index (χ1n) is 7.20. The molecule has 2 aromatic carbocycles. The van der Waals surface area contributed by atoms with Crippen molar-refractivity contribution in [3.63, 3.8) is 0 Å². The van der Waals surface area contributed by atoms with Gasteiger partial charge in [0, 0.05) is 22.3 Å². The number of ether oxygens (including phenoxy) is 1. The van der Waals surface area contributed by atoms with E-state index in [1.54, 1.807) is 24.3 Å². The highest BCUT2D eigenvalue weighted by molar-refractivity contribution is 6.30. The zero-order valence-corrected chi connectivity index (χ0v) is 13.6. The van der Waals surface area contributed by atoms with E-state index in [-0.39, 0.29) is 17.1 Å². The van der Waals surface area contributed by atoms with Gasteiger partial charge in [-0.15, -0.1) is 13.2 Å². The summed E-state index contributed by atoms with van der Waals surface area (Å²) in [6.07, 6.45) is -4.78. The molecule has 0 aliphatic heterocycles. The van der Waals surface area contributed by atoms with E-state index in [2.05, 4.69) is 15.2 Å². The average Bonchev–Trinajstić information content (AvgIpc) is 3.05. The normalized spacial score (nSPS) is 11.2. The maximum absolute atomic E-state index is 12.2. The second kappa shape index (κ2) is 7.09. The highest BCUT2D eigenvalue weighted by atomic mass is 35.5. The number of hydrogen-bond donors (Lipinski definition) is 1. The Bertz CT molecular complexity index is 924. The largest absolute Gasteiger partial charge is 0.573 e. The van der Waals surface area contributed by atoms with E-state index in [1.165, 1.54) is 18.2 Å². The fourth-order valence-corrected chi connectivity index (χ4v) is 2.29. The van der Waals surface area contributed by atoms with Crippen molar-refractivity contribution in [2.75, 3.05) is 5.32 Å². The van der Waals surface area contributed by atoms with Gasteiger partial charge in [-0.25, -0.2) is 0 Å². The van der Waals surface area contributed by atoms with E-state index in [1.807, 2.05) is 0 Å². The van der Waals surface area contributed by atoms with E-state index in [9.17, 15) is 18.0 Å². The quantitative estimate of drug-likeness (QED) is 0.678. The molecule has 0 aliphatic carbocycles. The van der Waals surface area contributed by atoms with Crippen LogP contribution in [0.4, 0.5) is 18.9 Å². The van der Waals surface area contributed by atoms with Crippen LogP contribution in [0.1, 0.15) is 10.5 Å². The van der Waals surface area contributed by atoms with Crippen LogP contribution in [0.3, 0.4) is 0 Å². The molecule has 5 nitrogen and oxygen atoms in total. The summed E-state index contributed by atoms with van der Waals surface area (Å²) in [5.41, 5.74) is 0.935. The summed E-state index contributed by atoms with van der Waals surface area (Å²) < 4.78 is 45.2. The molecule has 134 valence electrons. The molecule has 1 N–H and O–H groups in total. The molecular formula is C17H10ClF3N2O3. The van der Waals surface area contributed by atoms with Crippen LogP contribution in [-0.2, 0) is 0 Å². The Balaban J connectivity index is 1.69. The van der Waals surface area contributed by atoms with Gasteiger partial charge in [0.05, 0.1) is 0 Å². The summed E-state index contributed by atoms with van der Waals surface area (Å²) in [6, 6.07) is 13.0. The number of alkyl halides is 3. The summed E-state index contributed by atoms with van der Waals surface area (Å²) in [6.45, 7) is 0. The highest BCUT2D eigenvalue weighted by Crippen LogP contribution is 2.25. The molecule has 3 rings (SSSR count). The van der Waals surface area contributed by atoms with Crippen molar-refractivity contribution in [2.45, 2.75) is 6.36 Å². The molecule has 1 heterocycles. The molecule has 0 saturated heterocycles. The standard InChI is InChI=1S/C17H10ClF3N2O3/c18-11-3-1-2-10(8-11)15-9-14(23-26-15)16(24)22-12-4-6-13(7-5-12)25-17(19,20)21/h1-9H,(H,22,24). The van der Waals surface area contributed by atoms with Gasteiger partial charge in [0.15, 0.2) is 11.5 Å². The third-order valence-electron chi connectivity index (χ3n) is 3.20. The van der Waals surface area contributed by atoms with E-state index in [4.69, 9.17) is 16.1 Å². The Hall–Kier alpha value is -3.00. The van der Waals surface area contributed by atoms with Crippen LogP contribution in [-0.4, -0.2) is 17.4 Å². The third kappa shape index (κ3) is 4.54. The van der Waals surface area contributed by atoms with Gasteiger partial charge in [0.2, 0.25) is 0 Å². The molecule has 0 unspecified atom stereocenters. The summed E-state index contributed by atoms with van der Waals surface area (Å²) in [5, 5.41) is 6.69. The molecule has 26 heavy (non-hydrogen) atoms. The van der Waals surface area contributed by atoms with Crippen LogP contribution in [0.15, 0.2) is 59.1 Å². The number of nitrogens with zero attached hydrogens (tertiary/aromatic N) is 1. The Morgan fingerprint density at radius 2 is 1.85 bits per heavy atom. The van der Waals surface area contributed by atoms with Gasteiger partial charge >= 0.3 is 6.36 Å². The zero-order valence-electron chi connectivity index (χ0n) is 12.9. The second-order valence-electron chi connectivity index (χ2n) is 5.11. The molecule has 1 aromatic heterocycles. The van der Waals surface area contributed by atoms with E-state index < -0.39 is 12.3 Å². The SMILES string of the molecule is O=C(Nc1ccc(OC(F)(F)F)cc1)c1cc(-c2cccc(Cl)c2)on1. The third-order valence-corrected chi connectivity index (χ3v) is 3.43. The first-order valence-corrected chi connectivity index (χ1v) is 7.58. The number of benzene rings is 2. The average molecular weight is 383 g/mol.